The topological polar surface area (TPSA) is 149 Å². The molecular weight excluding hydrogens is 719 g/mol. The summed E-state index contributed by atoms with van der Waals surface area (Å²) in [6.45, 7) is 2.17. The van der Waals surface area contributed by atoms with Crippen molar-refractivity contribution in [1.29, 1.82) is 0 Å². The van der Waals surface area contributed by atoms with Crippen molar-refractivity contribution in [2.75, 3.05) is 26.4 Å². The van der Waals surface area contributed by atoms with Crippen molar-refractivity contribution in [2.24, 2.45) is 0 Å². The van der Waals surface area contributed by atoms with E-state index in [1.165, 1.54) is 103 Å². The second-order valence-corrected chi connectivity index (χ2v) is 16.5. The van der Waals surface area contributed by atoms with Gasteiger partial charge in [-0.05, 0) is 38.5 Å². The number of aliphatic hydroxyl groups excluding tert-OH is 2. The van der Waals surface area contributed by atoms with Crippen LogP contribution in [0.25, 0.3) is 0 Å². The number of rotatable bonds is 42. The lowest BCUT2D eigenvalue weighted by Gasteiger charge is -2.20. The minimum atomic E-state index is -4.64. The lowest BCUT2D eigenvalue weighted by molar-refractivity contribution is -0.153. The predicted molar refractivity (Wildman–Crippen MR) is 224 cm³/mol. The van der Waals surface area contributed by atoms with Crippen LogP contribution in [0.15, 0.2) is 24.3 Å². The molecule has 0 aliphatic carbocycles. The quantitative estimate of drug-likeness (QED) is 0.0236. The average molecular weight is 803 g/mol. The number of allylic oxidation sites excluding steroid dienone is 4. The number of aliphatic hydroxyl groups is 2. The zero-order chi connectivity index (χ0) is 40.5. The van der Waals surface area contributed by atoms with Crippen LogP contribution in [0.1, 0.15) is 206 Å². The Hall–Kier alpha value is -1.55. The molecule has 0 spiro atoms. The Kier molecular flexibility index (Phi) is 39.5. The fraction of sp³-hybridized carbons (Fsp3) is 0.864. The van der Waals surface area contributed by atoms with Gasteiger partial charge in [0, 0.05) is 12.8 Å². The molecule has 0 saturated heterocycles. The first kappa shape index (κ1) is 53.5. The second kappa shape index (κ2) is 40.6. The van der Waals surface area contributed by atoms with E-state index in [2.05, 4.69) is 38.2 Å². The fourth-order valence-corrected chi connectivity index (χ4v) is 6.97. The van der Waals surface area contributed by atoms with Gasteiger partial charge >= 0.3 is 19.8 Å². The zero-order valence-electron chi connectivity index (χ0n) is 35.2. The van der Waals surface area contributed by atoms with Crippen LogP contribution in [0.5, 0.6) is 0 Å². The predicted octanol–water partition coefficient (Wildman–Crippen LogP) is 11.8. The van der Waals surface area contributed by atoms with Crippen LogP contribution in [0.2, 0.25) is 0 Å². The highest BCUT2D eigenvalue weighted by molar-refractivity contribution is 7.47. The standard InChI is InChI=1S/C44H83O10P/c1-3-5-7-9-11-13-15-17-19-20-21-22-24-26-28-30-32-34-36-44(48)54-42(38-46)40-52-55(49,50)51-39-41(37-45)53-43(47)35-33-31-29-27-25-23-18-16-14-12-10-8-6-4-2/h10,12,16,18,41-42,45-46H,3-9,11,13-15,17,19-40H2,1-2H3,(H,49,50)/b12-10-,18-16-. The van der Waals surface area contributed by atoms with E-state index in [4.69, 9.17) is 18.5 Å². The van der Waals surface area contributed by atoms with E-state index in [-0.39, 0.29) is 12.8 Å². The van der Waals surface area contributed by atoms with Crippen molar-refractivity contribution in [3.8, 4) is 0 Å². The van der Waals surface area contributed by atoms with E-state index in [1.807, 2.05) is 0 Å². The summed E-state index contributed by atoms with van der Waals surface area (Å²) < 4.78 is 32.6. The van der Waals surface area contributed by atoms with Gasteiger partial charge in [0.2, 0.25) is 0 Å². The van der Waals surface area contributed by atoms with Gasteiger partial charge in [0.15, 0.2) is 0 Å². The summed E-state index contributed by atoms with van der Waals surface area (Å²) >= 11 is 0. The Morgan fingerprint density at radius 3 is 1.18 bits per heavy atom. The maximum absolute atomic E-state index is 12.4. The Bertz CT molecular complexity index is 972. The number of esters is 2. The third kappa shape index (κ3) is 39.1. The smallest absolute Gasteiger partial charge is 0.457 e. The first-order valence-electron chi connectivity index (χ1n) is 22.3. The third-order valence-corrected chi connectivity index (χ3v) is 10.6. The summed E-state index contributed by atoms with van der Waals surface area (Å²) in [5, 5.41) is 19.2. The van der Waals surface area contributed by atoms with Crippen LogP contribution in [0.3, 0.4) is 0 Å². The van der Waals surface area contributed by atoms with Crippen LogP contribution in [-0.4, -0.2) is 65.7 Å². The molecule has 0 aliphatic heterocycles. The van der Waals surface area contributed by atoms with E-state index in [9.17, 15) is 29.3 Å². The SMILES string of the molecule is CCCC/C=C\C/C=C\CCCCCCCC(=O)OC(CO)COP(=O)(O)OCC(CO)OC(=O)CCCCCCCCCCCCCCCCCCCC. The molecular formula is C44H83O10P. The monoisotopic (exact) mass is 803 g/mol. The number of hydrogen-bond acceptors (Lipinski definition) is 9. The molecule has 11 heteroatoms. The van der Waals surface area contributed by atoms with Crippen LogP contribution >= 0.6 is 7.82 Å². The molecule has 0 fully saturated rings. The number of phosphoric acid groups is 1. The van der Waals surface area contributed by atoms with Crippen molar-refractivity contribution >= 4 is 19.8 Å². The largest absolute Gasteiger partial charge is 0.472 e. The lowest BCUT2D eigenvalue weighted by atomic mass is 10.0. The molecule has 0 rings (SSSR count). The first-order chi connectivity index (χ1) is 26.8. The van der Waals surface area contributed by atoms with Crippen LogP contribution in [0, 0.1) is 0 Å². The number of carbonyl (C=O) groups excluding carboxylic acids is 2. The van der Waals surface area contributed by atoms with Gasteiger partial charge in [-0.15, -0.1) is 0 Å². The van der Waals surface area contributed by atoms with E-state index in [0.717, 1.165) is 64.2 Å². The summed E-state index contributed by atoms with van der Waals surface area (Å²) in [5.41, 5.74) is 0. The Morgan fingerprint density at radius 2 is 0.818 bits per heavy atom. The lowest BCUT2D eigenvalue weighted by Crippen LogP contribution is -2.28. The molecule has 0 saturated carbocycles. The summed E-state index contributed by atoms with van der Waals surface area (Å²) in [6.07, 6.45) is 40.1. The van der Waals surface area contributed by atoms with Gasteiger partial charge in [-0.2, -0.15) is 0 Å². The minimum Gasteiger partial charge on any atom is -0.457 e. The van der Waals surface area contributed by atoms with E-state index >= 15 is 0 Å². The van der Waals surface area contributed by atoms with Crippen molar-refractivity contribution in [1.82, 2.24) is 0 Å². The van der Waals surface area contributed by atoms with Crippen LogP contribution in [0.4, 0.5) is 0 Å². The number of phosphoric ester groups is 1. The number of carbonyl (C=O) groups is 2. The summed E-state index contributed by atoms with van der Waals surface area (Å²) in [4.78, 5) is 34.5. The fourth-order valence-electron chi connectivity index (χ4n) is 6.19. The van der Waals surface area contributed by atoms with Crippen molar-refractivity contribution in [2.45, 2.75) is 219 Å². The van der Waals surface area contributed by atoms with E-state index in [0.29, 0.717) is 12.8 Å². The molecule has 10 nitrogen and oxygen atoms in total. The molecule has 0 amide bonds. The molecule has 0 aromatic carbocycles. The first-order valence-corrected chi connectivity index (χ1v) is 23.8. The maximum atomic E-state index is 12.4. The molecule has 3 atom stereocenters. The molecule has 0 radical (unpaired) electrons. The molecule has 0 aromatic heterocycles. The molecule has 3 unspecified atom stereocenters. The number of ether oxygens (including phenoxy) is 2. The highest BCUT2D eigenvalue weighted by Crippen LogP contribution is 2.43. The molecule has 0 bridgehead atoms. The summed E-state index contributed by atoms with van der Waals surface area (Å²) in [6, 6.07) is 0. The third-order valence-electron chi connectivity index (χ3n) is 9.67. The minimum absolute atomic E-state index is 0.178. The van der Waals surface area contributed by atoms with Crippen molar-refractivity contribution < 1.29 is 47.8 Å². The van der Waals surface area contributed by atoms with Gasteiger partial charge in [0.05, 0.1) is 26.4 Å². The average Bonchev–Trinajstić information content (AvgIpc) is 3.17. The van der Waals surface area contributed by atoms with Gasteiger partial charge in [-0.1, -0.05) is 179 Å². The second-order valence-electron chi connectivity index (χ2n) is 15.0. The summed E-state index contributed by atoms with van der Waals surface area (Å²) in [5.74, 6) is -1.03. The molecule has 0 aliphatic rings. The van der Waals surface area contributed by atoms with Gasteiger partial charge in [-0.25, -0.2) is 4.57 Å². The van der Waals surface area contributed by atoms with E-state index in [1.54, 1.807) is 0 Å². The normalized spacial score (nSPS) is 14.1. The van der Waals surface area contributed by atoms with Crippen LogP contribution in [-0.2, 0) is 32.7 Å². The number of unbranched alkanes of at least 4 members (excludes halogenated alkanes) is 24. The molecule has 0 aromatic rings. The van der Waals surface area contributed by atoms with E-state index < -0.39 is 58.4 Å². The number of hydrogen-bond donors (Lipinski definition) is 3. The maximum Gasteiger partial charge on any atom is 0.472 e. The Morgan fingerprint density at radius 1 is 0.491 bits per heavy atom. The summed E-state index contributed by atoms with van der Waals surface area (Å²) in [7, 11) is -4.64. The molecule has 324 valence electrons. The highest BCUT2D eigenvalue weighted by atomic mass is 31.2. The molecule has 3 N–H and O–H groups in total. The van der Waals surface area contributed by atoms with Crippen LogP contribution < -0.4 is 0 Å². The van der Waals surface area contributed by atoms with Gasteiger partial charge in [0.1, 0.15) is 12.2 Å². The van der Waals surface area contributed by atoms with Crippen molar-refractivity contribution in [3.63, 3.8) is 0 Å². The Labute approximate surface area is 336 Å². The van der Waals surface area contributed by atoms with Gasteiger partial charge in [0.25, 0.3) is 0 Å². The van der Waals surface area contributed by atoms with Crippen molar-refractivity contribution in [3.05, 3.63) is 24.3 Å². The Balaban J connectivity index is 3.89. The molecule has 55 heavy (non-hydrogen) atoms. The van der Waals surface area contributed by atoms with Gasteiger partial charge in [-0.3, -0.25) is 18.6 Å². The highest BCUT2D eigenvalue weighted by Gasteiger charge is 2.27. The molecule has 0 heterocycles. The zero-order valence-corrected chi connectivity index (χ0v) is 36.0. The van der Waals surface area contributed by atoms with Gasteiger partial charge < -0.3 is 24.6 Å².